The monoisotopic (exact) mass is 726 g/mol. The van der Waals surface area contributed by atoms with Gasteiger partial charge >= 0.3 is 5.97 Å². The molecule has 7 rings (SSSR count). The molecule has 4 heterocycles. The van der Waals surface area contributed by atoms with E-state index < -0.39 is 23.4 Å². The Labute approximate surface area is 303 Å². The zero-order valence-electron chi connectivity index (χ0n) is 29.0. The van der Waals surface area contributed by atoms with Gasteiger partial charge in [0, 0.05) is 68.7 Å². The molecule has 1 saturated heterocycles. The van der Waals surface area contributed by atoms with Gasteiger partial charge in [0.1, 0.15) is 29.9 Å². The summed E-state index contributed by atoms with van der Waals surface area (Å²) in [6.45, 7) is 5.35. The number of imidazole rings is 1. The molecule has 0 saturated carbocycles. The fraction of sp³-hybridized carbons (Fsp3) is 0.282. The van der Waals surface area contributed by atoms with Crippen LogP contribution in [0.3, 0.4) is 0 Å². The van der Waals surface area contributed by atoms with Gasteiger partial charge in [-0.25, -0.2) is 27.9 Å². The number of carbonyl (C=O) groups is 1. The number of pyridine rings is 1. The molecule has 1 aliphatic rings. The minimum absolute atomic E-state index is 0.0535. The molecule has 0 bridgehead atoms. The summed E-state index contributed by atoms with van der Waals surface area (Å²) < 4.78 is 66.4. The second-order valence-corrected chi connectivity index (χ2v) is 12.7. The van der Waals surface area contributed by atoms with Crippen LogP contribution in [0.4, 0.5) is 13.2 Å². The predicted octanol–water partition coefficient (Wildman–Crippen LogP) is 6.23. The predicted molar refractivity (Wildman–Crippen MR) is 190 cm³/mol. The number of halogens is 3. The highest BCUT2D eigenvalue weighted by atomic mass is 19.1. The minimum Gasteiger partial charge on any atom is -0.478 e. The Morgan fingerprint density at radius 3 is 2.51 bits per heavy atom. The first-order valence-electron chi connectivity index (χ1n) is 17.2. The molecule has 3 aromatic carbocycles. The third-order valence-electron chi connectivity index (χ3n) is 9.22. The molecule has 0 radical (unpaired) electrons. The number of carboxylic acid groups (broad SMARTS) is 1. The van der Waals surface area contributed by atoms with Gasteiger partial charge in [0.15, 0.2) is 0 Å². The highest BCUT2D eigenvalue weighted by Crippen LogP contribution is 2.29. The lowest BCUT2D eigenvalue weighted by atomic mass is 10.0. The van der Waals surface area contributed by atoms with Gasteiger partial charge in [-0.15, -0.1) is 0 Å². The number of carboxylic acids is 1. The Balaban J connectivity index is 1.02. The van der Waals surface area contributed by atoms with E-state index in [1.54, 1.807) is 41.1 Å². The molecular weight excluding hydrogens is 689 g/mol. The van der Waals surface area contributed by atoms with Crippen molar-refractivity contribution >= 4 is 17.0 Å². The average molecular weight is 727 g/mol. The van der Waals surface area contributed by atoms with Crippen LogP contribution in [-0.4, -0.2) is 86.9 Å². The van der Waals surface area contributed by atoms with Crippen molar-refractivity contribution in [1.29, 1.82) is 0 Å². The summed E-state index contributed by atoms with van der Waals surface area (Å²) in [7, 11) is 1.53. The standard InChI is InChI=1S/C39H37F3N6O5/c1-51-14-13-48-36-19-26(39(49)50)7-8-35(36)44-37(48)20-28-18-33(42)30(21-32(28)41)34-3-2-4-38(45-34)53-24-27-6-5-25(17-31(27)40)29-22-43-47(23-29)10-9-46-11-15-52-16-12-46/h2-8,17-19,21-23H,9-16,20,24H2,1H3,(H,49,50). The van der Waals surface area contributed by atoms with Crippen LogP contribution in [0.5, 0.6) is 5.88 Å². The number of hydrogen-bond acceptors (Lipinski definition) is 8. The maximum absolute atomic E-state index is 15.6. The number of methoxy groups -OCH3 is 1. The van der Waals surface area contributed by atoms with E-state index in [2.05, 4.69) is 20.0 Å². The number of benzene rings is 3. The summed E-state index contributed by atoms with van der Waals surface area (Å²) in [6.07, 6.45) is 3.56. The second kappa shape index (κ2) is 16.0. The van der Waals surface area contributed by atoms with Gasteiger partial charge in [0.25, 0.3) is 0 Å². The maximum Gasteiger partial charge on any atom is 0.335 e. The molecule has 0 amide bonds. The Morgan fingerprint density at radius 2 is 1.72 bits per heavy atom. The SMILES string of the molecule is COCCn1c(Cc2cc(F)c(-c3cccc(OCc4ccc(-c5cnn(CCN6CCOCC6)c5)cc4F)n3)cc2F)nc2ccc(C(=O)O)cc21. The number of aromatic nitrogens is 5. The van der Waals surface area contributed by atoms with Gasteiger partial charge in [-0.3, -0.25) is 9.58 Å². The van der Waals surface area contributed by atoms with Crippen molar-refractivity contribution in [2.24, 2.45) is 0 Å². The summed E-state index contributed by atoms with van der Waals surface area (Å²) in [6, 6.07) is 16.3. The van der Waals surface area contributed by atoms with Gasteiger partial charge in [0.05, 0.1) is 54.9 Å². The molecule has 6 aromatic rings. The van der Waals surface area contributed by atoms with E-state index in [0.717, 1.165) is 57.1 Å². The fourth-order valence-corrected chi connectivity index (χ4v) is 6.31. The molecule has 11 nitrogen and oxygen atoms in total. The third-order valence-corrected chi connectivity index (χ3v) is 9.22. The average Bonchev–Trinajstić information content (AvgIpc) is 3.78. The zero-order chi connectivity index (χ0) is 36.9. The highest BCUT2D eigenvalue weighted by molar-refractivity contribution is 5.92. The summed E-state index contributed by atoms with van der Waals surface area (Å²) in [5, 5.41) is 13.9. The zero-order valence-corrected chi connectivity index (χ0v) is 29.0. The molecule has 1 fully saturated rings. The summed E-state index contributed by atoms with van der Waals surface area (Å²) >= 11 is 0. The normalized spacial score (nSPS) is 13.5. The van der Waals surface area contributed by atoms with Crippen molar-refractivity contribution in [3.8, 4) is 28.3 Å². The van der Waals surface area contributed by atoms with E-state index in [9.17, 15) is 9.90 Å². The molecular formula is C39H37F3N6O5. The molecule has 53 heavy (non-hydrogen) atoms. The smallest absolute Gasteiger partial charge is 0.335 e. The first kappa shape index (κ1) is 35.8. The lowest BCUT2D eigenvalue weighted by molar-refractivity contribution is 0.0360. The molecule has 0 aliphatic carbocycles. The number of aromatic carboxylic acids is 1. The molecule has 1 N–H and O–H groups in total. The minimum atomic E-state index is -1.09. The van der Waals surface area contributed by atoms with Crippen LogP contribution in [0.2, 0.25) is 0 Å². The highest BCUT2D eigenvalue weighted by Gasteiger charge is 2.19. The van der Waals surface area contributed by atoms with Crippen LogP contribution in [0.15, 0.2) is 79.1 Å². The molecule has 1 aliphatic heterocycles. The number of fused-ring (bicyclic) bond motifs is 1. The Bertz CT molecular complexity index is 2250. The van der Waals surface area contributed by atoms with E-state index >= 15 is 13.2 Å². The van der Waals surface area contributed by atoms with Crippen molar-refractivity contribution < 1.29 is 37.3 Å². The number of nitrogens with zero attached hydrogens (tertiary/aromatic N) is 6. The van der Waals surface area contributed by atoms with E-state index in [0.29, 0.717) is 41.1 Å². The Kier molecular flexibility index (Phi) is 10.8. The molecule has 0 spiro atoms. The molecule has 0 unspecified atom stereocenters. The molecule has 14 heteroatoms. The first-order valence-corrected chi connectivity index (χ1v) is 17.2. The van der Waals surface area contributed by atoms with Gasteiger partial charge < -0.3 is 23.9 Å². The Hall–Kier alpha value is -5.57. The molecule has 3 aromatic heterocycles. The third kappa shape index (κ3) is 8.25. The van der Waals surface area contributed by atoms with Crippen molar-refractivity contribution in [2.75, 3.05) is 46.6 Å². The number of rotatable bonds is 14. The first-order chi connectivity index (χ1) is 25.7. The summed E-state index contributed by atoms with van der Waals surface area (Å²) in [4.78, 5) is 22.8. The second-order valence-electron chi connectivity index (χ2n) is 12.7. The fourth-order valence-electron chi connectivity index (χ4n) is 6.31. The Morgan fingerprint density at radius 1 is 0.887 bits per heavy atom. The quantitative estimate of drug-likeness (QED) is 0.140. The maximum atomic E-state index is 15.6. The topological polar surface area (TPSA) is 117 Å². The lowest BCUT2D eigenvalue weighted by Gasteiger charge is -2.26. The van der Waals surface area contributed by atoms with Crippen LogP contribution in [0.25, 0.3) is 33.4 Å². The van der Waals surface area contributed by atoms with Crippen molar-refractivity contribution in [3.05, 3.63) is 119 Å². The number of morpholine rings is 1. The molecule has 274 valence electrons. The van der Waals surface area contributed by atoms with Crippen LogP contribution in [0.1, 0.15) is 27.3 Å². The van der Waals surface area contributed by atoms with E-state index in [1.165, 1.54) is 31.4 Å². The number of hydrogen-bond donors (Lipinski definition) is 1. The van der Waals surface area contributed by atoms with E-state index in [-0.39, 0.29) is 41.3 Å². The van der Waals surface area contributed by atoms with E-state index in [1.807, 2.05) is 10.9 Å². The van der Waals surface area contributed by atoms with Crippen molar-refractivity contribution in [3.63, 3.8) is 0 Å². The van der Waals surface area contributed by atoms with Crippen molar-refractivity contribution in [1.82, 2.24) is 29.2 Å². The lowest BCUT2D eigenvalue weighted by Crippen LogP contribution is -2.38. The van der Waals surface area contributed by atoms with Crippen molar-refractivity contribution in [2.45, 2.75) is 26.1 Å². The summed E-state index contributed by atoms with van der Waals surface area (Å²) in [5.74, 6) is -2.38. The van der Waals surface area contributed by atoms with Crippen LogP contribution >= 0.6 is 0 Å². The summed E-state index contributed by atoms with van der Waals surface area (Å²) in [5.41, 5.74) is 3.07. The van der Waals surface area contributed by atoms with Gasteiger partial charge in [-0.1, -0.05) is 18.2 Å². The largest absolute Gasteiger partial charge is 0.478 e. The van der Waals surface area contributed by atoms with Gasteiger partial charge in [-0.2, -0.15) is 5.10 Å². The van der Waals surface area contributed by atoms with E-state index in [4.69, 9.17) is 14.2 Å². The van der Waals surface area contributed by atoms with Gasteiger partial charge in [0.2, 0.25) is 5.88 Å². The van der Waals surface area contributed by atoms with Crippen LogP contribution in [0, 0.1) is 17.5 Å². The van der Waals surface area contributed by atoms with Gasteiger partial charge in [-0.05, 0) is 53.6 Å². The molecule has 0 atom stereocenters. The van der Waals surface area contributed by atoms with Crippen LogP contribution < -0.4 is 4.74 Å². The number of ether oxygens (including phenoxy) is 3. The van der Waals surface area contributed by atoms with Crippen LogP contribution in [-0.2, 0) is 35.6 Å².